The molecule has 0 saturated carbocycles. The molecule has 26 heavy (non-hydrogen) atoms. The van der Waals surface area contributed by atoms with E-state index in [1.807, 2.05) is 62.4 Å². The van der Waals surface area contributed by atoms with Gasteiger partial charge in [0.15, 0.2) is 0 Å². The first-order chi connectivity index (χ1) is 12.6. The van der Waals surface area contributed by atoms with Gasteiger partial charge in [0.2, 0.25) is 0 Å². The summed E-state index contributed by atoms with van der Waals surface area (Å²) in [6.07, 6.45) is 1.61. The van der Waals surface area contributed by atoms with Gasteiger partial charge in [0, 0.05) is 29.3 Å². The van der Waals surface area contributed by atoms with Crippen molar-refractivity contribution in [3.05, 3.63) is 77.6 Å². The number of hydrogen-bond donors (Lipinski definition) is 2. The zero-order valence-corrected chi connectivity index (χ0v) is 15.0. The van der Waals surface area contributed by atoms with Crippen LogP contribution in [0.2, 0.25) is 0 Å². The fourth-order valence-electron chi connectivity index (χ4n) is 2.57. The molecule has 5 heteroatoms. The van der Waals surface area contributed by atoms with Crippen LogP contribution in [-0.2, 0) is 0 Å². The highest BCUT2D eigenvalue weighted by molar-refractivity contribution is 6.03. The number of nitrogens with zero attached hydrogens (tertiary/aromatic N) is 1. The molecule has 5 nitrogen and oxygen atoms in total. The average Bonchev–Trinajstić information content (AvgIpc) is 2.66. The van der Waals surface area contributed by atoms with E-state index in [1.54, 1.807) is 19.4 Å². The smallest absolute Gasteiger partial charge is 0.274 e. The molecular weight excluding hydrogens is 326 g/mol. The molecule has 0 aliphatic rings. The number of methoxy groups -OCH3 is 1. The molecule has 0 fully saturated rings. The first-order valence-electron chi connectivity index (χ1n) is 8.31. The van der Waals surface area contributed by atoms with Crippen LogP contribution in [0.1, 0.15) is 21.6 Å². The molecule has 2 N–H and O–H groups in total. The van der Waals surface area contributed by atoms with Crippen LogP contribution in [0.15, 0.2) is 60.8 Å². The number of anilines is 3. The molecule has 0 unspecified atom stereocenters. The Bertz CT molecular complexity index is 938. The predicted octanol–water partition coefficient (Wildman–Crippen LogP) is 4.70. The summed E-state index contributed by atoms with van der Waals surface area (Å²) in [5, 5.41) is 6.19. The van der Waals surface area contributed by atoms with Crippen molar-refractivity contribution in [2.75, 3.05) is 17.7 Å². The van der Waals surface area contributed by atoms with Gasteiger partial charge in [0.25, 0.3) is 5.91 Å². The summed E-state index contributed by atoms with van der Waals surface area (Å²) >= 11 is 0. The van der Waals surface area contributed by atoms with Crippen LogP contribution in [0.4, 0.5) is 17.1 Å². The lowest BCUT2D eigenvalue weighted by Gasteiger charge is -2.11. The molecule has 1 amide bonds. The first-order valence-corrected chi connectivity index (χ1v) is 8.31. The Hall–Kier alpha value is -3.34. The van der Waals surface area contributed by atoms with Crippen LogP contribution in [0.5, 0.6) is 5.75 Å². The fourth-order valence-corrected chi connectivity index (χ4v) is 2.57. The Balaban J connectivity index is 1.78. The lowest BCUT2D eigenvalue weighted by molar-refractivity contribution is 0.102. The second kappa shape index (κ2) is 7.70. The molecular formula is C21H21N3O2. The van der Waals surface area contributed by atoms with Crippen LogP contribution < -0.4 is 15.4 Å². The van der Waals surface area contributed by atoms with E-state index in [1.165, 1.54) is 0 Å². The number of hydrogen-bond acceptors (Lipinski definition) is 4. The molecule has 0 spiro atoms. The van der Waals surface area contributed by atoms with Crippen molar-refractivity contribution < 1.29 is 9.53 Å². The van der Waals surface area contributed by atoms with E-state index in [0.717, 1.165) is 33.9 Å². The Kier molecular flexibility index (Phi) is 5.17. The molecule has 0 atom stereocenters. The van der Waals surface area contributed by atoms with Crippen molar-refractivity contribution in [2.24, 2.45) is 0 Å². The van der Waals surface area contributed by atoms with Gasteiger partial charge in [0.1, 0.15) is 11.4 Å². The van der Waals surface area contributed by atoms with Crippen molar-refractivity contribution in [1.82, 2.24) is 4.98 Å². The van der Waals surface area contributed by atoms with Gasteiger partial charge in [-0.15, -0.1) is 0 Å². The Morgan fingerprint density at radius 1 is 1.00 bits per heavy atom. The minimum absolute atomic E-state index is 0.243. The Morgan fingerprint density at radius 2 is 1.77 bits per heavy atom. The SMILES string of the molecule is COc1cccc(Nc2ccnc(C(=O)Nc3cccc(C)c3C)c2)c1. The normalized spacial score (nSPS) is 10.3. The summed E-state index contributed by atoms with van der Waals surface area (Å²) < 4.78 is 5.23. The van der Waals surface area contributed by atoms with Crippen molar-refractivity contribution in [3.63, 3.8) is 0 Å². The van der Waals surface area contributed by atoms with Crippen LogP contribution in [-0.4, -0.2) is 18.0 Å². The molecule has 3 aromatic rings. The largest absolute Gasteiger partial charge is 0.497 e. The number of ether oxygens (including phenoxy) is 1. The van der Waals surface area contributed by atoms with Gasteiger partial charge in [0.05, 0.1) is 7.11 Å². The topological polar surface area (TPSA) is 63.2 Å². The van der Waals surface area contributed by atoms with Gasteiger partial charge < -0.3 is 15.4 Å². The Morgan fingerprint density at radius 3 is 2.58 bits per heavy atom. The number of amides is 1. The second-order valence-corrected chi connectivity index (χ2v) is 5.99. The number of aryl methyl sites for hydroxylation is 1. The third-order valence-electron chi connectivity index (χ3n) is 4.20. The van der Waals surface area contributed by atoms with Gasteiger partial charge >= 0.3 is 0 Å². The van der Waals surface area contributed by atoms with Crippen molar-refractivity contribution in [2.45, 2.75) is 13.8 Å². The van der Waals surface area contributed by atoms with Crippen molar-refractivity contribution >= 4 is 23.0 Å². The number of pyridine rings is 1. The molecule has 3 rings (SSSR count). The van der Waals surface area contributed by atoms with Crippen molar-refractivity contribution in [1.29, 1.82) is 0 Å². The monoisotopic (exact) mass is 347 g/mol. The standard InChI is InChI=1S/C21H21N3O2/c1-14-6-4-9-19(15(14)2)24-21(25)20-13-17(10-11-22-20)23-16-7-5-8-18(12-16)26-3/h4-13H,1-3H3,(H,22,23)(H,24,25). The van der Waals surface area contributed by atoms with Gasteiger partial charge in [-0.2, -0.15) is 0 Å². The van der Waals surface area contributed by atoms with E-state index in [9.17, 15) is 4.79 Å². The summed E-state index contributed by atoms with van der Waals surface area (Å²) in [4.78, 5) is 16.7. The molecule has 1 heterocycles. The van der Waals surface area contributed by atoms with Crippen LogP contribution in [0, 0.1) is 13.8 Å². The van der Waals surface area contributed by atoms with E-state index in [-0.39, 0.29) is 5.91 Å². The molecule has 132 valence electrons. The minimum atomic E-state index is -0.243. The van der Waals surface area contributed by atoms with E-state index < -0.39 is 0 Å². The minimum Gasteiger partial charge on any atom is -0.497 e. The van der Waals surface area contributed by atoms with E-state index >= 15 is 0 Å². The van der Waals surface area contributed by atoms with E-state index in [4.69, 9.17) is 4.74 Å². The van der Waals surface area contributed by atoms with E-state index in [0.29, 0.717) is 5.69 Å². The number of nitrogens with one attached hydrogen (secondary N) is 2. The third kappa shape index (κ3) is 4.00. The number of carbonyl (C=O) groups is 1. The summed E-state index contributed by atoms with van der Waals surface area (Å²) in [6, 6.07) is 17.0. The molecule has 1 aromatic heterocycles. The average molecular weight is 347 g/mol. The van der Waals surface area contributed by atoms with Crippen LogP contribution in [0.3, 0.4) is 0 Å². The summed E-state index contributed by atoms with van der Waals surface area (Å²) in [6.45, 7) is 4.00. The molecule has 0 aliphatic carbocycles. The molecule has 0 saturated heterocycles. The maximum Gasteiger partial charge on any atom is 0.274 e. The highest BCUT2D eigenvalue weighted by Crippen LogP contribution is 2.22. The molecule has 0 aliphatic heterocycles. The van der Waals surface area contributed by atoms with Gasteiger partial charge in [-0.3, -0.25) is 9.78 Å². The molecule has 2 aromatic carbocycles. The summed E-state index contributed by atoms with van der Waals surface area (Å²) in [7, 11) is 1.63. The highest BCUT2D eigenvalue weighted by Gasteiger charge is 2.11. The number of benzene rings is 2. The summed E-state index contributed by atoms with van der Waals surface area (Å²) in [5.41, 5.74) is 4.97. The number of aromatic nitrogens is 1. The molecule has 0 bridgehead atoms. The van der Waals surface area contributed by atoms with Gasteiger partial charge in [-0.1, -0.05) is 18.2 Å². The quantitative estimate of drug-likeness (QED) is 0.702. The summed E-state index contributed by atoms with van der Waals surface area (Å²) in [5.74, 6) is 0.518. The maximum absolute atomic E-state index is 12.6. The predicted molar refractivity (Wildman–Crippen MR) is 104 cm³/mol. The van der Waals surface area contributed by atoms with Gasteiger partial charge in [-0.25, -0.2) is 0 Å². The highest BCUT2D eigenvalue weighted by atomic mass is 16.5. The number of rotatable bonds is 5. The zero-order valence-electron chi connectivity index (χ0n) is 15.0. The zero-order chi connectivity index (χ0) is 18.5. The van der Waals surface area contributed by atoms with Gasteiger partial charge in [-0.05, 0) is 55.3 Å². The number of carbonyl (C=O) groups excluding carboxylic acids is 1. The lowest BCUT2D eigenvalue weighted by atomic mass is 10.1. The van der Waals surface area contributed by atoms with E-state index in [2.05, 4.69) is 15.6 Å². The third-order valence-corrected chi connectivity index (χ3v) is 4.20. The maximum atomic E-state index is 12.6. The van der Waals surface area contributed by atoms with Crippen LogP contribution in [0.25, 0.3) is 0 Å². The first kappa shape index (κ1) is 17.5. The Labute approximate surface area is 153 Å². The molecule has 0 radical (unpaired) electrons. The van der Waals surface area contributed by atoms with Crippen molar-refractivity contribution in [3.8, 4) is 5.75 Å². The fraction of sp³-hybridized carbons (Fsp3) is 0.143. The van der Waals surface area contributed by atoms with Crippen LogP contribution >= 0.6 is 0 Å². The lowest BCUT2D eigenvalue weighted by Crippen LogP contribution is -2.14. The second-order valence-electron chi connectivity index (χ2n) is 5.99.